The summed E-state index contributed by atoms with van der Waals surface area (Å²) in [6, 6.07) is 6.53. The number of benzene rings is 1. The average molecular weight is 398 g/mol. The smallest absolute Gasteiger partial charge is 0.220 e. The quantitative estimate of drug-likeness (QED) is 0.834. The molecule has 0 bridgehead atoms. The van der Waals surface area contributed by atoms with Gasteiger partial charge in [0.1, 0.15) is 0 Å². The van der Waals surface area contributed by atoms with Gasteiger partial charge in [-0.2, -0.15) is 0 Å². The highest BCUT2D eigenvalue weighted by atomic mass is 16.5. The maximum atomic E-state index is 12.4. The van der Waals surface area contributed by atoms with Gasteiger partial charge in [0.2, 0.25) is 17.1 Å². The minimum absolute atomic E-state index is 0.151. The van der Waals surface area contributed by atoms with Gasteiger partial charge < -0.3 is 24.3 Å². The summed E-state index contributed by atoms with van der Waals surface area (Å²) < 4.78 is 22.1. The number of hydrogen-bond donors (Lipinski definition) is 1. The van der Waals surface area contributed by atoms with Crippen molar-refractivity contribution in [3.05, 3.63) is 45.6 Å². The normalized spacial score (nSPS) is 14.7. The molecule has 0 unspecified atom stereocenters. The van der Waals surface area contributed by atoms with Crippen LogP contribution in [0, 0.1) is 0 Å². The molecule has 0 fully saturated rings. The molecule has 2 aromatic carbocycles. The Balaban J connectivity index is 2.42. The molecule has 29 heavy (non-hydrogen) atoms. The van der Waals surface area contributed by atoms with Gasteiger partial charge in [-0.25, -0.2) is 0 Å². The van der Waals surface area contributed by atoms with E-state index in [0.717, 1.165) is 22.3 Å². The van der Waals surface area contributed by atoms with Gasteiger partial charge in [-0.15, -0.1) is 0 Å². The van der Waals surface area contributed by atoms with E-state index in [2.05, 4.69) is 5.32 Å². The number of methoxy groups -OCH3 is 4. The lowest BCUT2D eigenvalue weighted by Gasteiger charge is -2.19. The SMILES string of the molecule is COc1cc2c(c(OC)c1OC)-c1ccc(=O)c(O[11CH3])cc1[C@@H](NC(C)=O)CC2. The van der Waals surface area contributed by atoms with E-state index in [9.17, 15) is 9.59 Å². The van der Waals surface area contributed by atoms with Crippen molar-refractivity contribution in [2.45, 2.75) is 25.8 Å². The van der Waals surface area contributed by atoms with Crippen LogP contribution in [0.3, 0.4) is 0 Å². The molecule has 1 N–H and O–H groups in total. The summed E-state index contributed by atoms with van der Waals surface area (Å²) in [6.07, 6.45) is 1.31. The molecule has 7 heteroatoms. The van der Waals surface area contributed by atoms with Crippen LogP contribution in [0.1, 0.15) is 30.5 Å². The standard InChI is InChI=1S/C22H25NO6/c1-12(24)23-16-8-6-13-10-19(27-3)21(28-4)22(29-5)20(13)14-7-9-17(25)18(26-2)11-15(14)16/h7,9-11,16H,6,8H2,1-5H3,(H,23,24)/t16-/m0/s1/i2-1. The lowest BCUT2D eigenvalue weighted by molar-refractivity contribution is -0.119. The molecule has 0 aliphatic heterocycles. The third-order valence-corrected chi connectivity index (χ3v) is 5.10. The number of aryl methyl sites for hydroxylation is 1. The van der Waals surface area contributed by atoms with Gasteiger partial charge >= 0.3 is 0 Å². The Bertz CT molecular complexity index is 1000. The van der Waals surface area contributed by atoms with Gasteiger partial charge in [0.05, 0.1) is 34.5 Å². The Hall–Kier alpha value is -3.22. The number of fused-ring (bicyclic) bond motifs is 3. The first-order chi connectivity index (χ1) is 13.9. The second kappa shape index (κ2) is 8.43. The highest BCUT2D eigenvalue weighted by Gasteiger charge is 2.29. The van der Waals surface area contributed by atoms with E-state index in [0.29, 0.717) is 30.1 Å². The summed E-state index contributed by atoms with van der Waals surface area (Å²) in [4.78, 5) is 24.3. The molecule has 0 aromatic heterocycles. The summed E-state index contributed by atoms with van der Waals surface area (Å²) in [7, 11) is 6.14. The molecule has 0 saturated heterocycles. The van der Waals surface area contributed by atoms with E-state index in [1.807, 2.05) is 6.07 Å². The van der Waals surface area contributed by atoms with Crippen LogP contribution in [0.5, 0.6) is 23.0 Å². The molecule has 3 rings (SSSR count). The number of rotatable bonds is 5. The van der Waals surface area contributed by atoms with Gasteiger partial charge in [0, 0.05) is 12.5 Å². The topological polar surface area (TPSA) is 83.1 Å². The largest absolute Gasteiger partial charge is 0.493 e. The molecule has 154 valence electrons. The highest BCUT2D eigenvalue weighted by molar-refractivity contribution is 5.83. The Labute approximate surface area is 169 Å². The number of ether oxygens (including phenoxy) is 4. The zero-order valence-electron chi connectivity index (χ0n) is 17.3. The molecular formula is C22H25NO6. The molecule has 0 radical (unpaired) electrons. The van der Waals surface area contributed by atoms with E-state index < -0.39 is 0 Å². The predicted molar refractivity (Wildman–Crippen MR) is 109 cm³/mol. The molecule has 1 aliphatic carbocycles. The van der Waals surface area contributed by atoms with Gasteiger partial charge in [-0.3, -0.25) is 9.59 Å². The van der Waals surface area contributed by atoms with E-state index in [4.69, 9.17) is 18.9 Å². The van der Waals surface area contributed by atoms with Crippen LogP contribution in [0.25, 0.3) is 11.1 Å². The monoisotopic (exact) mass is 398 g/mol. The minimum Gasteiger partial charge on any atom is -0.493 e. The van der Waals surface area contributed by atoms with Crippen molar-refractivity contribution in [1.29, 1.82) is 0 Å². The second-order valence-electron chi connectivity index (χ2n) is 6.75. The summed E-state index contributed by atoms with van der Waals surface area (Å²) >= 11 is 0. The second-order valence-corrected chi connectivity index (χ2v) is 6.75. The van der Waals surface area contributed by atoms with Crippen molar-refractivity contribution in [3.8, 4) is 34.1 Å². The van der Waals surface area contributed by atoms with Crippen LogP contribution < -0.4 is 29.7 Å². The Kier molecular flexibility index (Phi) is 5.96. The fraction of sp³-hybridized carbons (Fsp3) is 0.364. The fourth-order valence-electron chi connectivity index (χ4n) is 3.85. The molecule has 1 atom stereocenters. The molecule has 0 heterocycles. The highest BCUT2D eigenvalue weighted by Crippen LogP contribution is 2.50. The Morgan fingerprint density at radius 2 is 1.66 bits per heavy atom. The number of amides is 1. The van der Waals surface area contributed by atoms with Crippen LogP contribution in [-0.4, -0.2) is 34.3 Å². The van der Waals surface area contributed by atoms with Crippen molar-refractivity contribution in [2.75, 3.05) is 28.4 Å². The summed E-state index contributed by atoms with van der Waals surface area (Å²) in [5.41, 5.74) is 3.10. The van der Waals surface area contributed by atoms with Gasteiger partial charge in [-0.05, 0) is 53.8 Å². The van der Waals surface area contributed by atoms with Crippen LogP contribution in [0.4, 0.5) is 0 Å². The molecular weight excluding hydrogens is 373 g/mol. The number of carbonyl (C=O) groups excluding carboxylic acids is 1. The van der Waals surface area contributed by atoms with E-state index in [-0.39, 0.29) is 23.1 Å². The van der Waals surface area contributed by atoms with Crippen molar-refractivity contribution in [3.63, 3.8) is 0 Å². The molecule has 1 aliphatic rings. The lowest BCUT2D eigenvalue weighted by atomic mass is 9.95. The number of carbonyl (C=O) groups is 1. The first kappa shape index (κ1) is 20.5. The maximum absolute atomic E-state index is 12.4. The maximum Gasteiger partial charge on any atom is 0.220 e. The number of nitrogens with one attached hydrogen (secondary N) is 1. The van der Waals surface area contributed by atoms with Gasteiger partial charge in [-0.1, -0.05) is 0 Å². The van der Waals surface area contributed by atoms with E-state index >= 15 is 0 Å². The van der Waals surface area contributed by atoms with Gasteiger partial charge in [0.15, 0.2) is 17.2 Å². The summed E-state index contributed by atoms with van der Waals surface area (Å²) in [5, 5.41) is 2.99. The average Bonchev–Trinajstić information content (AvgIpc) is 2.95. The van der Waals surface area contributed by atoms with Gasteiger partial charge in [0.25, 0.3) is 0 Å². The first-order valence-electron chi connectivity index (χ1n) is 9.26. The molecule has 2 aromatic rings. The lowest BCUT2D eigenvalue weighted by Crippen LogP contribution is -2.26. The van der Waals surface area contributed by atoms with Crippen LogP contribution in [-0.2, 0) is 11.2 Å². The van der Waals surface area contributed by atoms with Crippen LogP contribution in [0.2, 0.25) is 0 Å². The summed E-state index contributed by atoms with van der Waals surface area (Å²) in [5.74, 6) is 1.61. The minimum atomic E-state index is -0.294. The van der Waals surface area contributed by atoms with Crippen LogP contribution >= 0.6 is 0 Å². The molecule has 0 spiro atoms. The summed E-state index contributed by atoms with van der Waals surface area (Å²) in [6.45, 7) is 1.48. The Morgan fingerprint density at radius 1 is 0.966 bits per heavy atom. The van der Waals surface area contributed by atoms with Crippen molar-refractivity contribution in [1.82, 2.24) is 5.32 Å². The zero-order chi connectivity index (χ0) is 21.1. The van der Waals surface area contributed by atoms with E-state index in [1.54, 1.807) is 33.5 Å². The van der Waals surface area contributed by atoms with Crippen LogP contribution in [0.15, 0.2) is 29.1 Å². The molecule has 1 amide bonds. The first-order valence-corrected chi connectivity index (χ1v) is 9.26. The third-order valence-electron chi connectivity index (χ3n) is 5.10. The van der Waals surface area contributed by atoms with E-state index in [1.165, 1.54) is 20.1 Å². The third kappa shape index (κ3) is 3.72. The fourth-order valence-corrected chi connectivity index (χ4v) is 3.85. The van der Waals surface area contributed by atoms with Crippen molar-refractivity contribution in [2.24, 2.45) is 0 Å². The molecule has 0 saturated carbocycles. The Morgan fingerprint density at radius 3 is 2.24 bits per heavy atom. The van der Waals surface area contributed by atoms with Crippen molar-refractivity contribution >= 4 is 5.91 Å². The zero-order valence-corrected chi connectivity index (χ0v) is 17.3. The predicted octanol–water partition coefficient (Wildman–Crippen LogP) is 2.87. The van der Waals surface area contributed by atoms with Crippen molar-refractivity contribution < 1.29 is 23.7 Å². The number of hydrogen-bond acceptors (Lipinski definition) is 6. The molecule has 7 nitrogen and oxygen atoms in total.